The van der Waals surface area contributed by atoms with E-state index in [1.54, 1.807) is 19.9 Å². The Morgan fingerprint density at radius 1 is 1.16 bits per heavy atom. The normalized spacial score (nSPS) is 16.0. The fraction of sp³-hybridized carbons (Fsp3) is 0.321. The molecule has 0 saturated carbocycles. The van der Waals surface area contributed by atoms with Crippen molar-refractivity contribution in [2.75, 3.05) is 20.2 Å². The Kier molecular flexibility index (Phi) is 9.35. The minimum absolute atomic E-state index is 0.0337. The number of carbonyl (C=O) groups is 2. The van der Waals surface area contributed by atoms with Crippen LogP contribution in [0.3, 0.4) is 0 Å². The summed E-state index contributed by atoms with van der Waals surface area (Å²) in [7, 11) is 1.95. The van der Waals surface area contributed by atoms with E-state index in [9.17, 15) is 30.1 Å². The van der Waals surface area contributed by atoms with Crippen LogP contribution in [0, 0.1) is 27.4 Å². The minimum Gasteiger partial charge on any atom is -0.478 e. The van der Waals surface area contributed by atoms with Crippen LogP contribution in [-0.4, -0.2) is 47.1 Å². The Balaban J connectivity index is 1.76. The van der Waals surface area contributed by atoms with Crippen LogP contribution in [0.2, 0.25) is 0 Å². The number of nitrogens with one attached hydrogen (secondary N) is 1. The highest BCUT2D eigenvalue weighted by Crippen LogP contribution is 2.39. The fourth-order valence-corrected chi connectivity index (χ4v) is 4.49. The van der Waals surface area contributed by atoms with Crippen LogP contribution in [0.25, 0.3) is 0 Å². The lowest BCUT2D eigenvalue weighted by atomic mass is 9.80. The number of nitro benzene ring substituents is 1. The van der Waals surface area contributed by atoms with E-state index in [2.05, 4.69) is 16.3 Å². The van der Waals surface area contributed by atoms with Crippen LogP contribution < -0.4 is 5.32 Å². The van der Waals surface area contributed by atoms with Crippen molar-refractivity contribution in [1.29, 1.82) is 5.26 Å². The van der Waals surface area contributed by atoms with Gasteiger partial charge in [0.1, 0.15) is 6.61 Å². The number of non-ortho nitro benzene ring substituents is 1. The number of nitrogens with zero attached hydrogens (tertiary/aromatic N) is 3. The van der Waals surface area contributed by atoms with Crippen molar-refractivity contribution in [3.63, 3.8) is 0 Å². The number of carbonyl (C=O) groups excluding carboxylic acids is 1. The van der Waals surface area contributed by atoms with Crippen molar-refractivity contribution in [1.82, 2.24) is 10.2 Å². The highest BCUT2D eigenvalue weighted by molar-refractivity contribution is 5.99. The molecule has 0 aliphatic carbocycles. The van der Waals surface area contributed by atoms with Gasteiger partial charge in [-0.3, -0.25) is 10.1 Å². The van der Waals surface area contributed by atoms with E-state index in [-0.39, 0.29) is 29.0 Å². The highest BCUT2D eigenvalue weighted by atomic mass is 16.6. The lowest BCUT2D eigenvalue weighted by Gasteiger charge is -2.29. The number of rotatable bonds is 11. The van der Waals surface area contributed by atoms with Gasteiger partial charge in [-0.15, -0.1) is 0 Å². The van der Waals surface area contributed by atoms with Gasteiger partial charge in [-0.2, -0.15) is 5.26 Å². The first-order chi connectivity index (χ1) is 18.1. The van der Waals surface area contributed by atoms with Gasteiger partial charge in [0.25, 0.3) is 5.69 Å². The maximum Gasteiger partial charge on any atom is 0.336 e. The molecular formula is C28H30N4O6. The van der Waals surface area contributed by atoms with Crippen molar-refractivity contribution in [2.45, 2.75) is 32.7 Å². The zero-order chi connectivity index (χ0) is 27.8. The third-order valence-electron chi connectivity index (χ3n) is 6.38. The molecule has 0 aromatic heterocycles. The second-order valence-electron chi connectivity index (χ2n) is 9.23. The van der Waals surface area contributed by atoms with E-state index >= 15 is 0 Å². The van der Waals surface area contributed by atoms with Gasteiger partial charge in [0, 0.05) is 30.1 Å². The average molecular weight is 519 g/mol. The number of benzene rings is 2. The predicted molar refractivity (Wildman–Crippen MR) is 139 cm³/mol. The number of carboxylic acid groups (broad SMARTS) is 1. The molecule has 2 aromatic carbocycles. The van der Waals surface area contributed by atoms with E-state index in [0.29, 0.717) is 30.9 Å². The molecule has 2 N–H and O–H groups in total. The second kappa shape index (κ2) is 12.7. The molecule has 0 saturated heterocycles. The molecule has 1 heterocycles. The van der Waals surface area contributed by atoms with Gasteiger partial charge in [-0.05, 0) is 45.0 Å². The summed E-state index contributed by atoms with van der Waals surface area (Å²) in [5, 5.41) is 33.8. The maximum absolute atomic E-state index is 13.3. The molecular weight excluding hydrogens is 488 g/mol. The van der Waals surface area contributed by atoms with Gasteiger partial charge in [-0.1, -0.05) is 42.5 Å². The van der Waals surface area contributed by atoms with Crippen LogP contribution >= 0.6 is 0 Å². The zero-order valence-electron chi connectivity index (χ0n) is 21.5. The second-order valence-corrected chi connectivity index (χ2v) is 9.23. The number of esters is 1. The zero-order valence-corrected chi connectivity index (χ0v) is 21.5. The smallest absolute Gasteiger partial charge is 0.336 e. The lowest BCUT2D eigenvalue weighted by molar-refractivity contribution is -0.384. The molecule has 198 valence electrons. The largest absolute Gasteiger partial charge is 0.478 e. The standard InChI is InChI=1S/C28H30N4O6/c1-18-24(27(33)34)26(22-10-7-11-23(14-22)32(36)37)25(19(2)30-18)28(35)38-17-21(15-29)12-13-31(3)16-20-8-5-4-6-9-20/h4-11,14,21,26,30H,12-13,16-17H2,1-3H3,(H,33,34). The molecule has 3 rings (SSSR count). The van der Waals surface area contributed by atoms with E-state index in [0.717, 1.165) is 5.56 Å². The van der Waals surface area contributed by atoms with Crippen LogP contribution in [-0.2, 0) is 20.9 Å². The third-order valence-corrected chi connectivity index (χ3v) is 6.38. The van der Waals surface area contributed by atoms with Crippen molar-refractivity contribution in [2.24, 2.45) is 5.92 Å². The molecule has 10 nitrogen and oxygen atoms in total. The van der Waals surface area contributed by atoms with Crippen LogP contribution in [0.4, 0.5) is 5.69 Å². The molecule has 2 unspecified atom stereocenters. The quantitative estimate of drug-likeness (QED) is 0.255. The number of nitro groups is 1. The van der Waals surface area contributed by atoms with Crippen LogP contribution in [0.1, 0.15) is 37.3 Å². The molecule has 1 aliphatic rings. The first-order valence-electron chi connectivity index (χ1n) is 12.1. The molecule has 38 heavy (non-hydrogen) atoms. The summed E-state index contributed by atoms with van der Waals surface area (Å²) in [5.41, 5.74) is 1.83. The molecule has 0 bridgehead atoms. The number of carboxylic acids is 1. The monoisotopic (exact) mass is 518 g/mol. The van der Waals surface area contributed by atoms with Crippen LogP contribution in [0.15, 0.2) is 77.1 Å². The van der Waals surface area contributed by atoms with Gasteiger partial charge >= 0.3 is 11.9 Å². The summed E-state index contributed by atoms with van der Waals surface area (Å²) in [4.78, 5) is 38.3. The minimum atomic E-state index is -1.26. The summed E-state index contributed by atoms with van der Waals surface area (Å²) in [5.74, 6) is -3.70. The SMILES string of the molecule is CC1=C(C(=O)O)C(c2cccc([N+](=O)[O-])c2)C(C(=O)OCC(C#N)CCN(C)Cc2ccccc2)=C(C)N1. The first kappa shape index (κ1) is 28.1. The Hall–Kier alpha value is -4.49. The van der Waals surface area contributed by atoms with Crippen molar-refractivity contribution in [3.05, 3.63) is 98.4 Å². The van der Waals surface area contributed by atoms with Gasteiger partial charge in [0.15, 0.2) is 0 Å². The van der Waals surface area contributed by atoms with Crippen molar-refractivity contribution in [3.8, 4) is 6.07 Å². The summed E-state index contributed by atoms with van der Waals surface area (Å²) in [6.45, 7) is 4.33. The molecule has 10 heteroatoms. The summed E-state index contributed by atoms with van der Waals surface area (Å²) < 4.78 is 5.52. The average Bonchev–Trinajstić information content (AvgIpc) is 2.88. The van der Waals surface area contributed by atoms with E-state index < -0.39 is 28.7 Å². The van der Waals surface area contributed by atoms with Gasteiger partial charge in [0.2, 0.25) is 0 Å². The number of allylic oxidation sites excluding steroid dienone is 2. The number of ether oxygens (including phenoxy) is 1. The lowest BCUT2D eigenvalue weighted by Crippen LogP contribution is -2.32. The van der Waals surface area contributed by atoms with E-state index in [1.807, 2.05) is 37.4 Å². The molecule has 0 spiro atoms. The number of aliphatic carboxylic acids is 1. The Morgan fingerprint density at radius 3 is 2.47 bits per heavy atom. The van der Waals surface area contributed by atoms with Crippen LogP contribution in [0.5, 0.6) is 0 Å². The number of hydrogen-bond acceptors (Lipinski definition) is 8. The Labute approximate surface area is 221 Å². The predicted octanol–water partition coefficient (Wildman–Crippen LogP) is 4.12. The topological polar surface area (TPSA) is 146 Å². The van der Waals surface area contributed by atoms with Gasteiger partial charge in [0.05, 0.1) is 34.0 Å². The summed E-state index contributed by atoms with van der Waals surface area (Å²) >= 11 is 0. The highest BCUT2D eigenvalue weighted by Gasteiger charge is 2.38. The molecule has 0 fully saturated rings. The number of nitriles is 1. The molecule has 0 radical (unpaired) electrons. The molecule has 2 atom stereocenters. The Bertz CT molecular complexity index is 1310. The Morgan fingerprint density at radius 2 is 1.84 bits per heavy atom. The van der Waals surface area contributed by atoms with Crippen molar-refractivity contribution >= 4 is 17.6 Å². The van der Waals surface area contributed by atoms with Crippen molar-refractivity contribution < 1.29 is 24.4 Å². The molecule has 2 aromatic rings. The summed E-state index contributed by atoms with van der Waals surface area (Å²) in [6, 6.07) is 17.6. The number of dihydropyridines is 1. The fourth-order valence-electron chi connectivity index (χ4n) is 4.49. The molecule has 1 aliphatic heterocycles. The maximum atomic E-state index is 13.3. The first-order valence-corrected chi connectivity index (χ1v) is 12.1. The van der Waals surface area contributed by atoms with Gasteiger partial charge in [-0.25, -0.2) is 9.59 Å². The number of hydrogen-bond donors (Lipinski definition) is 2. The van der Waals surface area contributed by atoms with E-state index in [1.165, 1.54) is 18.2 Å². The molecule has 0 amide bonds. The summed E-state index contributed by atoms with van der Waals surface area (Å²) in [6.07, 6.45) is 0.469. The van der Waals surface area contributed by atoms with Gasteiger partial charge < -0.3 is 20.1 Å². The van der Waals surface area contributed by atoms with E-state index in [4.69, 9.17) is 4.74 Å². The third kappa shape index (κ3) is 6.83.